The molecule has 0 aromatic heterocycles. The van der Waals surface area contributed by atoms with Gasteiger partial charge in [-0.25, -0.2) is 0 Å². The molecule has 0 amide bonds. The summed E-state index contributed by atoms with van der Waals surface area (Å²) in [5.41, 5.74) is 2.10. The molecule has 1 atom stereocenters. The fourth-order valence-corrected chi connectivity index (χ4v) is 3.33. The average Bonchev–Trinajstić information content (AvgIpc) is 2.94. The Balaban J connectivity index is 1.91. The first-order valence-corrected chi connectivity index (χ1v) is 7.78. The first-order valence-electron chi connectivity index (χ1n) is 6.57. The van der Waals surface area contributed by atoms with Gasteiger partial charge >= 0.3 is 0 Å². The summed E-state index contributed by atoms with van der Waals surface area (Å²) in [7, 11) is -0.968. The van der Waals surface area contributed by atoms with Crippen molar-refractivity contribution in [2.45, 2.75) is 6.92 Å². The Morgan fingerprint density at radius 1 is 1.05 bits per heavy atom. The highest BCUT2D eigenvalue weighted by atomic mass is 31.2. The van der Waals surface area contributed by atoms with Gasteiger partial charge in [0.05, 0.1) is 12.3 Å². The lowest BCUT2D eigenvalue weighted by atomic mass is 10.2. The third kappa shape index (κ3) is 2.67. The molecular weight excluding hydrogens is 269 g/mol. The number of anilines is 1. The van der Waals surface area contributed by atoms with E-state index >= 15 is 0 Å². The summed E-state index contributed by atoms with van der Waals surface area (Å²) in [6.07, 6.45) is 0. The Morgan fingerprint density at radius 3 is 2.35 bits per heavy atom. The molecule has 0 spiro atoms. The Hall–Kier alpha value is -1.90. The molecule has 2 aromatic rings. The molecule has 1 heterocycles. The summed E-state index contributed by atoms with van der Waals surface area (Å²) in [5, 5.41) is 8.05. The lowest BCUT2D eigenvalue weighted by Gasteiger charge is -2.20. The number of hydrogen-bond acceptors (Lipinski definition) is 4. The first-order chi connectivity index (χ1) is 9.88. The molecule has 1 unspecified atom stereocenters. The van der Waals surface area contributed by atoms with Gasteiger partial charge in [-0.3, -0.25) is 0 Å². The van der Waals surface area contributed by atoms with E-state index in [0.29, 0.717) is 6.61 Å². The molecule has 3 rings (SSSR count). The predicted octanol–water partition coefficient (Wildman–Crippen LogP) is 3.72. The van der Waals surface area contributed by atoms with E-state index in [9.17, 15) is 0 Å². The molecular formula is C15H16N3OP. The number of amidine groups is 1. The SMILES string of the molecule is CCOP1NC(c2ccccc2)=NN1c1ccccc1. The van der Waals surface area contributed by atoms with Gasteiger partial charge in [-0.2, -0.15) is 4.78 Å². The minimum atomic E-state index is -0.968. The molecule has 0 saturated carbocycles. The van der Waals surface area contributed by atoms with Crippen LogP contribution in [0.4, 0.5) is 5.69 Å². The van der Waals surface area contributed by atoms with Crippen molar-refractivity contribution in [1.29, 1.82) is 0 Å². The molecule has 1 N–H and O–H groups in total. The van der Waals surface area contributed by atoms with Gasteiger partial charge in [0.15, 0.2) is 5.84 Å². The van der Waals surface area contributed by atoms with Gasteiger partial charge in [0.1, 0.15) is 0 Å². The maximum atomic E-state index is 5.79. The summed E-state index contributed by atoms with van der Waals surface area (Å²) < 4.78 is 7.72. The predicted molar refractivity (Wildman–Crippen MR) is 83.6 cm³/mol. The van der Waals surface area contributed by atoms with Crippen LogP contribution in [0.25, 0.3) is 0 Å². The third-order valence-electron chi connectivity index (χ3n) is 2.85. The van der Waals surface area contributed by atoms with Crippen molar-refractivity contribution >= 4 is 20.0 Å². The molecule has 20 heavy (non-hydrogen) atoms. The summed E-state index contributed by atoms with van der Waals surface area (Å²) in [6.45, 7) is 2.65. The van der Waals surface area contributed by atoms with E-state index in [2.05, 4.69) is 10.2 Å². The van der Waals surface area contributed by atoms with Crippen LogP contribution in [0.1, 0.15) is 12.5 Å². The number of rotatable bonds is 4. The normalized spacial score (nSPS) is 17.8. The van der Waals surface area contributed by atoms with Crippen LogP contribution >= 0.6 is 8.45 Å². The van der Waals surface area contributed by atoms with Crippen molar-refractivity contribution in [2.24, 2.45) is 5.10 Å². The van der Waals surface area contributed by atoms with Crippen LogP contribution in [-0.2, 0) is 4.52 Å². The summed E-state index contributed by atoms with van der Waals surface area (Å²) in [5.74, 6) is 0.856. The van der Waals surface area contributed by atoms with Crippen LogP contribution in [0, 0.1) is 0 Å². The summed E-state index contributed by atoms with van der Waals surface area (Å²) in [6, 6.07) is 20.2. The first kappa shape index (κ1) is 13.1. The molecule has 1 aliphatic heterocycles. The second kappa shape index (κ2) is 6.04. The lowest BCUT2D eigenvalue weighted by Crippen LogP contribution is -2.16. The molecule has 1 aliphatic rings. The Kier molecular flexibility index (Phi) is 3.95. The van der Waals surface area contributed by atoms with Crippen molar-refractivity contribution in [2.75, 3.05) is 11.4 Å². The van der Waals surface area contributed by atoms with E-state index in [1.807, 2.05) is 72.4 Å². The number of hydrogen-bond donors (Lipinski definition) is 1. The molecule has 0 radical (unpaired) electrons. The van der Waals surface area contributed by atoms with Crippen LogP contribution in [-0.4, -0.2) is 12.4 Å². The largest absolute Gasteiger partial charge is 0.322 e. The molecule has 5 heteroatoms. The van der Waals surface area contributed by atoms with Crippen molar-refractivity contribution in [3.8, 4) is 0 Å². The van der Waals surface area contributed by atoms with Gasteiger partial charge in [-0.15, -0.1) is 5.10 Å². The van der Waals surface area contributed by atoms with Gasteiger partial charge in [0, 0.05) is 5.56 Å². The quantitative estimate of drug-likeness (QED) is 0.870. The van der Waals surface area contributed by atoms with Crippen LogP contribution in [0.2, 0.25) is 0 Å². The van der Waals surface area contributed by atoms with Crippen LogP contribution in [0.5, 0.6) is 0 Å². The fraction of sp³-hybridized carbons (Fsp3) is 0.133. The molecule has 0 aliphatic carbocycles. The van der Waals surface area contributed by atoms with Gasteiger partial charge < -0.3 is 9.61 Å². The number of nitrogens with zero attached hydrogens (tertiary/aromatic N) is 2. The molecule has 2 aromatic carbocycles. The second-order valence-corrected chi connectivity index (χ2v) is 5.65. The minimum absolute atomic E-state index is 0.652. The zero-order chi connectivity index (χ0) is 13.8. The van der Waals surface area contributed by atoms with Crippen LogP contribution in [0.15, 0.2) is 65.8 Å². The van der Waals surface area contributed by atoms with Crippen LogP contribution in [0.3, 0.4) is 0 Å². The van der Waals surface area contributed by atoms with Gasteiger partial charge in [-0.1, -0.05) is 48.5 Å². The standard InChI is InChI=1S/C15H16N3OP/c1-2-19-20-17-15(13-9-5-3-6-10-13)16-18(20)14-11-7-4-8-12-14/h3-12H,2H2,1H3,(H,16,17). The smallest absolute Gasteiger partial charge is 0.268 e. The number of nitrogens with one attached hydrogen (secondary N) is 1. The monoisotopic (exact) mass is 285 g/mol. The van der Waals surface area contributed by atoms with E-state index in [0.717, 1.165) is 17.1 Å². The Labute approximate surface area is 120 Å². The van der Waals surface area contributed by atoms with Gasteiger partial charge in [0.2, 0.25) is 0 Å². The highest BCUT2D eigenvalue weighted by molar-refractivity contribution is 7.53. The fourth-order valence-electron chi connectivity index (χ4n) is 1.95. The number of hydrazone groups is 1. The van der Waals surface area contributed by atoms with Gasteiger partial charge in [-0.05, 0) is 19.1 Å². The van der Waals surface area contributed by atoms with E-state index in [1.165, 1.54) is 0 Å². The maximum Gasteiger partial charge on any atom is 0.268 e. The van der Waals surface area contributed by atoms with Crippen molar-refractivity contribution in [3.63, 3.8) is 0 Å². The lowest BCUT2D eigenvalue weighted by molar-refractivity contribution is 0.375. The zero-order valence-electron chi connectivity index (χ0n) is 11.2. The van der Waals surface area contributed by atoms with Crippen LogP contribution < -0.4 is 9.87 Å². The average molecular weight is 285 g/mol. The number of para-hydroxylation sites is 1. The summed E-state index contributed by atoms with van der Waals surface area (Å²) >= 11 is 0. The summed E-state index contributed by atoms with van der Waals surface area (Å²) in [4.78, 5) is 0. The minimum Gasteiger partial charge on any atom is -0.322 e. The van der Waals surface area contributed by atoms with E-state index in [4.69, 9.17) is 4.52 Å². The molecule has 102 valence electrons. The third-order valence-corrected chi connectivity index (χ3v) is 4.42. The van der Waals surface area contributed by atoms with Crippen molar-refractivity contribution in [1.82, 2.24) is 5.09 Å². The molecule has 0 fully saturated rings. The Morgan fingerprint density at radius 2 is 1.70 bits per heavy atom. The highest BCUT2D eigenvalue weighted by Gasteiger charge is 2.29. The van der Waals surface area contributed by atoms with Gasteiger partial charge in [0.25, 0.3) is 8.45 Å². The zero-order valence-corrected chi connectivity index (χ0v) is 12.1. The van der Waals surface area contributed by atoms with E-state index in [1.54, 1.807) is 0 Å². The Bertz CT molecular complexity index is 589. The van der Waals surface area contributed by atoms with Crippen molar-refractivity contribution in [3.05, 3.63) is 66.2 Å². The second-order valence-electron chi connectivity index (χ2n) is 4.24. The van der Waals surface area contributed by atoms with E-state index in [-0.39, 0.29) is 0 Å². The molecule has 0 bridgehead atoms. The molecule has 0 saturated heterocycles. The maximum absolute atomic E-state index is 5.79. The van der Waals surface area contributed by atoms with Crippen molar-refractivity contribution < 1.29 is 4.52 Å². The van der Waals surface area contributed by atoms with E-state index < -0.39 is 8.45 Å². The number of benzene rings is 2. The highest BCUT2D eigenvalue weighted by Crippen LogP contribution is 2.45. The molecule has 4 nitrogen and oxygen atoms in total. The topological polar surface area (TPSA) is 36.9 Å².